The van der Waals surface area contributed by atoms with Gasteiger partial charge in [0, 0.05) is 31.6 Å². The van der Waals surface area contributed by atoms with Gasteiger partial charge in [-0.1, -0.05) is 12.1 Å². The first kappa shape index (κ1) is 11.6. The molecule has 2 N–H and O–H groups in total. The van der Waals surface area contributed by atoms with Gasteiger partial charge in [-0.2, -0.15) is 5.26 Å². The third kappa shape index (κ3) is 3.05. The monoisotopic (exact) mass is 229 g/mol. The summed E-state index contributed by atoms with van der Waals surface area (Å²) in [4.78, 5) is 11.2. The molecule has 1 aromatic rings. The Morgan fingerprint density at radius 1 is 1.41 bits per heavy atom. The minimum Gasteiger partial charge on any atom is -0.326 e. The standard InChI is InChI=1S/C13H15N3O/c14-6-1-7-15-9-10-2-4-12-11(8-10)3-5-13(17)16-12/h2,4,8,15H,1,3,5,7,9H2,(H,16,17). The summed E-state index contributed by atoms with van der Waals surface area (Å²) in [5, 5.41) is 14.5. The third-order valence-electron chi connectivity index (χ3n) is 2.81. The molecule has 0 bridgehead atoms. The van der Waals surface area contributed by atoms with Gasteiger partial charge >= 0.3 is 0 Å². The highest BCUT2D eigenvalue weighted by Crippen LogP contribution is 2.23. The molecule has 1 amide bonds. The van der Waals surface area contributed by atoms with Crippen molar-refractivity contribution < 1.29 is 4.79 Å². The predicted molar refractivity (Wildman–Crippen MR) is 65.3 cm³/mol. The zero-order chi connectivity index (χ0) is 12.1. The van der Waals surface area contributed by atoms with E-state index in [1.807, 2.05) is 12.1 Å². The zero-order valence-corrected chi connectivity index (χ0v) is 9.62. The molecule has 0 saturated heterocycles. The van der Waals surface area contributed by atoms with Crippen LogP contribution in [0, 0.1) is 11.3 Å². The fourth-order valence-electron chi connectivity index (χ4n) is 1.92. The topological polar surface area (TPSA) is 64.9 Å². The van der Waals surface area contributed by atoms with Crippen LogP contribution < -0.4 is 10.6 Å². The first-order valence-corrected chi connectivity index (χ1v) is 5.79. The van der Waals surface area contributed by atoms with Gasteiger partial charge in [-0.05, 0) is 23.6 Å². The van der Waals surface area contributed by atoms with Crippen molar-refractivity contribution in [1.29, 1.82) is 5.26 Å². The van der Waals surface area contributed by atoms with Crippen LogP contribution in [0.2, 0.25) is 0 Å². The Balaban J connectivity index is 1.97. The van der Waals surface area contributed by atoms with Crippen molar-refractivity contribution in [3.05, 3.63) is 29.3 Å². The zero-order valence-electron chi connectivity index (χ0n) is 9.62. The largest absolute Gasteiger partial charge is 0.326 e. The van der Waals surface area contributed by atoms with E-state index in [9.17, 15) is 4.79 Å². The lowest BCUT2D eigenvalue weighted by Gasteiger charge is -2.17. The Labute approximate surface area is 101 Å². The molecule has 0 atom stereocenters. The minimum atomic E-state index is 0.0948. The van der Waals surface area contributed by atoms with Crippen LogP contribution in [0.3, 0.4) is 0 Å². The van der Waals surface area contributed by atoms with Crippen LogP contribution in [0.25, 0.3) is 0 Å². The number of nitriles is 1. The van der Waals surface area contributed by atoms with E-state index >= 15 is 0 Å². The van der Waals surface area contributed by atoms with E-state index in [1.54, 1.807) is 0 Å². The minimum absolute atomic E-state index is 0.0948. The van der Waals surface area contributed by atoms with E-state index < -0.39 is 0 Å². The van der Waals surface area contributed by atoms with Crippen LogP contribution in [-0.2, 0) is 17.8 Å². The third-order valence-corrected chi connectivity index (χ3v) is 2.81. The van der Waals surface area contributed by atoms with Crippen LogP contribution in [0.4, 0.5) is 5.69 Å². The van der Waals surface area contributed by atoms with Gasteiger partial charge in [0.25, 0.3) is 0 Å². The SMILES string of the molecule is N#CCCNCc1ccc2c(c1)CCC(=O)N2. The van der Waals surface area contributed by atoms with Crippen LogP contribution in [0.15, 0.2) is 18.2 Å². The predicted octanol–water partition coefficient (Wildman–Crippen LogP) is 1.57. The summed E-state index contributed by atoms with van der Waals surface area (Å²) in [7, 11) is 0. The van der Waals surface area contributed by atoms with E-state index in [-0.39, 0.29) is 5.91 Å². The number of anilines is 1. The van der Waals surface area contributed by atoms with E-state index in [4.69, 9.17) is 5.26 Å². The number of carbonyl (C=O) groups excluding carboxylic acids is 1. The van der Waals surface area contributed by atoms with Gasteiger partial charge in [0.1, 0.15) is 0 Å². The Morgan fingerprint density at radius 2 is 2.29 bits per heavy atom. The maximum atomic E-state index is 11.2. The van der Waals surface area contributed by atoms with E-state index in [2.05, 4.69) is 22.8 Å². The lowest BCUT2D eigenvalue weighted by molar-refractivity contribution is -0.116. The molecule has 1 aromatic carbocycles. The molecular formula is C13H15N3O. The van der Waals surface area contributed by atoms with E-state index in [0.29, 0.717) is 19.4 Å². The molecule has 0 saturated carbocycles. The summed E-state index contributed by atoms with van der Waals surface area (Å²) in [6.07, 6.45) is 1.91. The second kappa shape index (κ2) is 5.46. The highest BCUT2D eigenvalue weighted by molar-refractivity contribution is 5.93. The summed E-state index contributed by atoms with van der Waals surface area (Å²) in [6, 6.07) is 8.17. The van der Waals surface area contributed by atoms with Crippen molar-refractivity contribution in [1.82, 2.24) is 5.32 Å². The number of carbonyl (C=O) groups is 1. The van der Waals surface area contributed by atoms with Crippen LogP contribution >= 0.6 is 0 Å². The van der Waals surface area contributed by atoms with E-state index in [1.165, 1.54) is 11.1 Å². The van der Waals surface area contributed by atoms with Crippen molar-refractivity contribution in [3.8, 4) is 6.07 Å². The first-order valence-electron chi connectivity index (χ1n) is 5.79. The van der Waals surface area contributed by atoms with Gasteiger partial charge in [-0.15, -0.1) is 0 Å². The number of nitrogens with zero attached hydrogens (tertiary/aromatic N) is 1. The molecule has 4 heteroatoms. The van der Waals surface area contributed by atoms with E-state index in [0.717, 1.165) is 18.7 Å². The maximum Gasteiger partial charge on any atom is 0.224 e. The van der Waals surface area contributed by atoms with Crippen LogP contribution in [0.5, 0.6) is 0 Å². The van der Waals surface area contributed by atoms with Crippen molar-refractivity contribution in [2.24, 2.45) is 0 Å². The maximum absolute atomic E-state index is 11.2. The van der Waals surface area contributed by atoms with Gasteiger partial charge in [-0.3, -0.25) is 4.79 Å². The molecule has 0 unspecified atom stereocenters. The second-order valence-electron chi connectivity index (χ2n) is 4.12. The summed E-state index contributed by atoms with van der Waals surface area (Å²) >= 11 is 0. The average molecular weight is 229 g/mol. The number of hydrogen-bond acceptors (Lipinski definition) is 3. The summed E-state index contributed by atoms with van der Waals surface area (Å²) in [5.74, 6) is 0.0948. The van der Waals surface area contributed by atoms with Gasteiger partial charge in [0.15, 0.2) is 0 Å². The quantitative estimate of drug-likeness (QED) is 0.770. The normalized spacial score (nSPS) is 13.7. The molecule has 0 aliphatic carbocycles. The lowest BCUT2D eigenvalue weighted by atomic mass is 10.0. The molecule has 1 aliphatic heterocycles. The molecule has 0 fully saturated rings. The van der Waals surface area contributed by atoms with Gasteiger partial charge in [0.2, 0.25) is 5.91 Å². The molecule has 0 spiro atoms. The number of rotatable bonds is 4. The van der Waals surface area contributed by atoms with Crippen molar-refractivity contribution >= 4 is 11.6 Å². The van der Waals surface area contributed by atoms with Crippen LogP contribution in [-0.4, -0.2) is 12.5 Å². The van der Waals surface area contributed by atoms with Gasteiger partial charge in [-0.25, -0.2) is 0 Å². The molecule has 17 heavy (non-hydrogen) atoms. The van der Waals surface area contributed by atoms with Crippen LogP contribution in [0.1, 0.15) is 24.0 Å². The second-order valence-corrected chi connectivity index (χ2v) is 4.12. The summed E-state index contributed by atoms with van der Waals surface area (Å²) in [6.45, 7) is 1.48. The highest BCUT2D eigenvalue weighted by Gasteiger charge is 2.14. The molecule has 2 rings (SSSR count). The Bertz CT molecular complexity index is 462. The number of fused-ring (bicyclic) bond motifs is 1. The lowest BCUT2D eigenvalue weighted by Crippen LogP contribution is -2.20. The number of nitrogens with one attached hydrogen (secondary N) is 2. The van der Waals surface area contributed by atoms with Gasteiger partial charge < -0.3 is 10.6 Å². The number of hydrogen-bond donors (Lipinski definition) is 2. The average Bonchev–Trinajstić information content (AvgIpc) is 2.35. The van der Waals surface area contributed by atoms with Crippen molar-refractivity contribution in [2.75, 3.05) is 11.9 Å². The molecule has 1 heterocycles. The summed E-state index contributed by atoms with van der Waals surface area (Å²) in [5.41, 5.74) is 3.32. The number of benzene rings is 1. The molecule has 88 valence electrons. The molecule has 0 radical (unpaired) electrons. The van der Waals surface area contributed by atoms with Crippen molar-refractivity contribution in [2.45, 2.75) is 25.8 Å². The fraction of sp³-hybridized carbons (Fsp3) is 0.385. The molecular weight excluding hydrogens is 214 g/mol. The Hall–Kier alpha value is -1.86. The van der Waals surface area contributed by atoms with Gasteiger partial charge in [0.05, 0.1) is 6.07 Å². The molecule has 4 nitrogen and oxygen atoms in total. The Morgan fingerprint density at radius 3 is 3.12 bits per heavy atom. The fourth-order valence-corrected chi connectivity index (χ4v) is 1.92. The highest BCUT2D eigenvalue weighted by atomic mass is 16.1. The summed E-state index contributed by atoms with van der Waals surface area (Å²) < 4.78 is 0. The first-order chi connectivity index (χ1) is 8.29. The molecule has 1 aliphatic rings. The van der Waals surface area contributed by atoms with Crippen molar-refractivity contribution in [3.63, 3.8) is 0 Å². The Kier molecular flexibility index (Phi) is 3.73. The number of aryl methyl sites for hydroxylation is 1. The smallest absolute Gasteiger partial charge is 0.224 e. The number of amides is 1. The molecule has 0 aromatic heterocycles.